The minimum atomic E-state index is 0. The summed E-state index contributed by atoms with van der Waals surface area (Å²) in [6.07, 6.45) is 11.6. The molecule has 0 spiro atoms. The van der Waals surface area contributed by atoms with Crippen molar-refractivity contribution < 1.29 is 0 Å². The van der Waals surface area contributed by atoms with Crippen molar-refractivity contribution >= 4 is 12.4 Å². The molecule has 1 heterocycles. The minimum absolute atomic E-state index is 0. The lowest BCUT2D eigenvalue weighted by Crippen LogP contribution is -2.35. The molecule has 0 bridgehead atoms. The van der Waals surface area contributed by atoms with Crippen LogP contribution in [0.4, 0.5) is 0 Å². The predicted molar refractivity (Wildman–Crippen MR) is 86.2 cm³/mol. The van der Waals surface area contributed by atoms with Crippen molar-refractivity contribution in [3.63, 3.8) is 0 Å². The third-order valence-electron chi connectivity index (χ3n) is 5.77. The van der Waals surface area contributed by atoms with Gasteiger partial charge in [0.2, 0.25) is 0 Å². The predicted octanol–water partition coefficient (Wildman–Crippen LogP) is 4.66. The van der Waals surface area contributed by atoms with Crippen LogP contribution in [-0.2, 0) is 5.54 Å². The summed E-state index contributed by atoms with van der Waals surface area (Å²) in [6, 6.07) is 11.9. The molecule has 1 aliphatic heterocycles. The second kappa shape index (κ2) is 5.69. The zero-order valence-corrected chi connectivity index (χ0v) is 13.0. The standard InChI is InChI=1S/C18H25N.ClH/c1-3-7-14(8-4-1)11-17-12-16-13-18(16,19-17)15-9-5-2-6-10-15;/h2,5-6,9-10,14,16-17,19H,1,3-4,7-8,11-13H2;1H. The van der Waals surface area contributed by atoms with Crippen LogP contribution in [0.25, 0.3) is 0 Å². The van der Waals surface area contributed by atoms with E-state index in [9.17, 15) is 0 Å². The van der Waals surface area contributed by atoms with Crippen molar-refractivity contribution in [1.82, 2.24) is 5.32 Å². The highest BCUT2D eigenvalue weighted by atomic mass is 35.5. The van der Waals surface area contributed by atoms with E-state index in [0.717, 1.165) is 17.9 Å². The molecule has 110 valence electrons. The number of hydrogen-bond acceptors (Lipinski definition) is 1. The van der Waals surface area contributed by atoms with E-state index in [4.69, 9.17) is 0 Å². The molecule has 2 saturated carbocycles. The average molecular weight is 292 g/mol. The Balaban J connectivity index is 0.00000121. The van der Waals surface area contributed by atoms with E-state index in [1.807, 2.05) is 0 Å². The Morgan fingerprint density at radius 3 is 2.55 bits per heavy atom. The molecule has 3 unspecified atom stereocenters. The van der Waals surface area contributed by atoms with E-state index in [-0.39, 0.29) is 12.4 Å². The fourth-order valence-corrected chi connectivity index (χ4v) is 4.71. The fraction of sp³-hybridized carbons (Fsp3) is 0.667. The Hall–Kier alpha value is -0.530. The molecule has 1 N–H and O–H groups in total. The highest BCUT2D eigenvalue weighted by Crippen LogP contribution is 2.59. The van der Waals surface area contributed by atoms with Gasteiger partial charge in [0.1, 0.15) is 0 Å². The summed E-state index contributed by atoms with van der Waals surface area (Å²) in [7, 11) is 0. The van der Waals surface area contributed by atoms with Crippen LogP contribution in [0.15, 0.2) is 30.3 Å². The van der Waals surface area contributed by atoms with Crippen LogP contribution in [0, 0.1) is 11.8 Å². The van der Waals surface area contributed by atoms with Crippen LogP contribution >= 0.6 is 12.4 Å². The summed E-state index contributed by atoms with van der Waals surface area (Å²) in [5, 5.41) is 4.00. The minimum Gasteiger partial charge on any atom is -0.304 e. The summed E-state index contributed by atoms with van der Waals surface area (Å²) in [6.45, 7) is 0. The molecule has 0 radical (unpaired) electrons. The molecule has 1 aromatic rings. The molecule has 1 aromatic carbocycles. The van der Waals surface area contributed by atoms with Gasteiger partial charge in [0.05, 0.1) is 0 Å². The Kier molecular flexibility index (Phi) is 4.10. The van der Waals surface area contributed by atoms with Gasteiger partial charge in [-0.25, -0.2) is 0 Å². The molecule has 4 rings (SSSR count). The van der Waals surface area contributed by atoms with Gasteiger partial charge in [0, 0.05) is 11.6 Å². The number of rotatable bonds is 3. The molecule has 1 saturated heterocycles. The Labute approximate surface area is 128 Å². The molecular weight excluding hydrogens is 266 g/mol. The third kappa shape index (κ3) is 2.51. The maximum absolute atomic E-state index is 4.00. The Morgan fingerprint density at radius 1 is 1.05 bits per heavy atom. The zero-order chi connectivity index (χ0) is 12.7. The van der Waals surface area contributed by atoms with Gasteiger partial charge in [-0.1, -0.05) is 62.4 Å². The van der Waals surface area contributed by atoms with Crippen LogP contribution in [-0.4, -0.2) is 6.04 Å². The van der Waals surface area contributed by atoms with E-state index < -0.39 is 0 Å². The topological polar surface area (TPSA) is 12.0 Å². The molecule has 20 heavy (non-hydrogen) atoms. The monoisotopic (exact) mass is 291 g/mol. The molecule has 0 amide bonds. The number of piperidine rings is 1. The molecule has 2 aliphatic carbocycles. The van der Waals surface area contributed by atoms with Crippen molar-refractivity contribution in [2.75, 3.05) is 0 Å². The van der Waals surface area contributed by atoms with Crippen LogP contribution in [0.5, 0.6) is 0 Å². The van der Waals surface area contributed by atoms with E-state index in [1.54, 1.807) is 0 Å². The lowest BCUT2D eigenvalue weighted by atomic mass is 9.84. The molecule has 3 fully saturated rings. The Bertz CT molecular complexity index is 440. The first kappa shape index (κ1) is 14.4. The lowest BCUT2D eigenvalue weighted by Gasteiger charge is -2.27. The van der Waals surface area contributed by atoms with Crippen LogP contribution in [0.2, 0.25) is 0 Å². The third-order valence-corrected chi connectivity index (χ3v) is 5.77. The second-order valence-corrected chi connectivity index (χ2v) is 7.06. The van der Waals surface area contributed by atoms with Gasteiger partial charge in [0.15, 0.2) is 0 Å². The van der Waals surface area contributed by atoms with Crippen molar-refractivity contribution in [3.05, 3.63) is 35.9 Å². The van der Waals surface area contributed by atoms with Crippen LogP contribution < -0.4 is 5.32 Å². The fourth-order valence-electron chi connectivity index (χ4n) is 4.71. The zero-order valence-electron chi connectivity index (χ0n) is 12.2. The van der Waals surface area contributed by atoms with Crippen molar-refractivity contribution in [3.8, 4) is 0 Å². The molecule has 3 aliphatic rings. The lowest BCUT2D eigenvalue weighted by molar-refractivity contribution is 0.294. The van der Waals surface area contributed by atoms with Crippen molar-refractivity contribution in [1.29, 1.82) is 0 Å². The maximum Gasteiger partial charge on any atom is 0.0470 e. The molecule has 0 aromatic heterocycles. The van der Waals surface area contributed by atoms with Gasteiger partial charge in [-0.05, 0) is 36.7 Å². The van der Waals surface area contributed by atoms with Crippen molar-refractivity contribution in [2.45, 2.75) is 62.9 Å². The molecular formula is C18H26ClN. The normalized spacial score (nSPS) is 36.2. The second-order valence-electron chi connectivity index (χ2n) is 7.06. The van der Waals surface area contributed by atoms with E-state index in [1.165, 1.54) is 56.9 Å². The molecule has 3 atom stereocenters. The van der Waals surface area contributed by atoms with Gasteiger partial charge in [-0.3, -0.25) is 0 Å². The average Bonchev–Trinajstić information content (AvgIpc) is 3.04. The first-order valence-electron chi connectivity index (χ1n) is 8.20. The Morgan fingerprint density at radius 2 is 1.80 bits per heavy atom. The van der Waals surface area contributed by atoms with Gasteiger partial charge < -0.3 is 5.32 Å². The summed E-state index contributed by atoms with van der Waals surface area (Å²) >= 11 is 0. The van der Waals surface area contributed by atoms with E-state index in [0.29, 0.717) is 5.54 Å². The molecule has 1 nitrogen and oxygen atoms in total. The van der Waals surface area contributed by atoms with Gasteiger partial charge >= 0.3 is 0 Å². The first-order valence-corrected chi connectivity index (χ1v) is 8.20. The summed E-state index contributed by atoms with van der Waals surface area (Å²) in [5.41, 5.74) is 1.91. The summed E-state index contributed by atoms with van der Waals surface area (Å²) in [4.78, 5) is 0. The van der Waals surface area contributed by atoms with Crippen LogP contribution in [0.3, 0.4) is 0 Å². The smallest absolute Gasteiger partial charge is 0.0470 e. The van der Waals surface area contributed by atoms with Gasteiger partial charge in [-0.15, -0.1) is 12.4 Å². The van der Waals surface area contributed by atoms with Crippen molar-refractivity contribution in [2.24, 2.45) is 11.8 Å². The summed E-state index contributed by atoms with van der Waals surface area (Å²) in [5.74, 6) is 1.93. The summed E-state index contributed by atoms with van der Waals surface area (Å²) < 4.78 is 0. The number of nitrogens with one attached hydrogen (secondary N) is 1. The quantitative estimate of drug-likeness (QED) is 0.854. The first-order chi connectivity index (χ1) is 9.37. The van der Waals surface area contributed by atoms with Gasteiger partial charge in [0.25, 0.3) is 0 Å². The number of hydrogen-bond donors (Lipinski definition) is 1. The SMILES string of the molecule is Cl.c1ccc(C23CC2CC(CC2CCCCC2)N3)cc1. The van der Waals surface area contributed by atoms with E-state index in [2.05, 4.69) is 35.6 Å². The molecule has 2 heteroatoms. The number of fused-ring (bicyclic) bond motifs is 1. The van der Waals surface area contributed by atoms with Gasteiger partial charge in [-0.2, -0.15) is 0 Å². The number of benzene rings is 1. The van der Waals surface area contributed by atoms with Crippen LogP contribution in [0.1, 0.15) is 56.9 Å². The van der Waals surface area contributed by atoms with E-state index >= 15 is 0 Å². The largest absolute Gasteiger partial charge is 0.304 e. The highest BCUT2D eigenvalue weighted by Gasteiger charge is 2.60. The number of halogens is 1. The highest BCUT2D eigenvalue weighted by molar-refractivity contribution is 5.85. The maximum atomic E-state index is 4.00.